The lowest BCUT2D eigenvalue weighted by Crippen LogP contribution is -1.84. The van der Waals surface area contributed by atoms with E-state index in [0.29, 0.717) is 5.03 Å². The Morgan fingerprint density at radius 1 is 1.13 bits per heavy atom. The number of halogens is 1. The third-order valence-electron chi connectivity index (χ3n) is 1.78. The van der Waals surface area contributed by atoms with Gasteiger partial charge < -0.3 is 5.11 Å². The number of rotatable bonds is 2. The Hall–Kier alpha value is -1.55. The molecule has 1 heterocycles. The van der Waals surface area contributed by atoms with Crippen molar-refractivity contribution in [2.24, 2.45) is 0 Å². The molecule has 1 N–H and O–H groups in total. The fraction of sp³-hybridized carbons (Fsp3) is 0. The van der Waals surface area contributed by atoms with Crippen LogP contribution < -0.4 is 0 Å². The maximum Gasteiger partial charge on any atom is 0.155 e. The van der Waals surface area contributed by atoms with Gasteiger partial charge in [0.25, 0.3) is 0 Å². The molecule has 4 heteroatoms. The summed E-state index contributed by atoms with van der Waals surface area (Å²) in [7, 11) is 0. The molecule has 0 saturated carbocycles. The summed E-state index contributed by atoms with van der Waals surface area (Å²) in [6.45, 7) is 0. The number of phenolic OH excluding ortho intramolecular Hbond substituents is 1. The fourth-order valence-electron chi connectivity index (χ4n) is 1.07. The average Bonchev–Trinajstić information content (AvgIpc) is 2.25. The Bertz CT molecular complexity index is 458. The zero-order valence-corrected chi connectivity index (χ0v) is 8.54. The molecule has 0 saturated heterocycles. The first-order valence-electron chi connectivity index (χ1n) is 4.33. The normalized spacial score (nSPS) is 10.2. The number of nitrogens with zero attached hydrogens (tertiary/aromatic N) is 1. The molecule has 2 nitrogen and oxygen atoms in total. The smallest absolute Gasteiger partial charge is 0.155 e. The maximum absolute atomic E-state index is 13.2. The summed E-state index contributed by atoms with van der Waals surface area (Å²) < 4.78 is 13.2. The largest absolute Gasteiger partial charge is 0.508 e. The quantitative estimate of drug-likeness (QED) is 0.846. The second kappa shape index (κ2) is 4.31. The molecule has 0 atom stereocenters. The van der Waals surface area contributed by atoms with Crippen LogP contribution in [0.15, 0.2) is 52.5 Å². The number of benzene rings is 1. The monoisotopic (exact) mass is 221 g/mol. The minimum absolute atomic E-state index is 0.195. The average molecular weight is 221 g/mol. The summed E-state index contributed by atoms with van der Waals surface area (Å²) in [5, 5.41) is 9.41. The molecule has 0 fully saturated rings. The minimum atomic E-state index is -0.337. The van der Waals surface area contributed by atoms with Gasteiger partial charge in [0.15, 0.2) is 5.82 Å². The van der Waals surface area contributed by atoms with Crippen molar-refractivity contribution in [1.82, 2.24) is 4.98 Å². The van der Waals surface area contributed by atoms with Gasteiger partial charge in [-0.15, -0.1) is 0 Å². The standard InChI is InChI=1S/C11H8FNOS/c12-10-2-1-7-13-11(10)15-9-5-3-8(14)4-6-9/h1-7,14H. The number of hydrogen-bond donors (Lipinski definition) is 1. The van der Waals surface area contributed by atoms with E-state index in [4.69, 9.17) is 5.11 Å². The van der Waals surface area contributed by atoms with Gasteiger partial charge in [0.2, 0.25) is 0 Å². The van der Waals surface area contributed by atoms with Crippen molar-refractivity contribution in [3.8, 4) is 5.75 Å². The summed E-state index contributed by atoms with van der Waals surface area (Å²) >= 11 is 1.23. The van der Waals surface area contributed by atoms with Crippen LogP contribution in [0, 0.1) is 5.82 Å². The van der Waals surface area contributed by atoms with E-state index >= 15 is 0 Å². The summed E-state index contributed by atoms with van der Waals surface area (Å²) in [6.07, 6.45) is 1.55. The van der Waals surface area contributed by atoms with Gasteiger partial charge in [-0.3, -0.25) is 0 Å². The van der Waals surface area contributed by atoms with E-state index in [-0.39, 0.29) is 11.6 Å². The minimum Gasteiger partial charge on any atom is -0.508 e. The highest BCUT2D eigenvalue weighted by Gasteiger charge is 2.04. The van der Waals surface area contributed by atoms with Gasteiger partial charge in [0.1, 0.15) is 10.8 Å². The molecule has 76 valence electrons. The topological polar surface area (TPSA) is 33.1 Å². The van der Waals surface area contributed by atoms with Crippen LogP contribution in [0.25, 0.3) is 0 Å². The zero-order valence-electron chi connectivity index (χ0n) is 7.72. The van der Waals surface area contributed by atoms with Crippen LogP contribution in [0.4, 0.5) is 4.39 Å². The van der Waals surface area contributed by atoms with Gasteiger partial charge in [-0.05, 0) is 36.4 Å². The van der Waals surface area contributed by atoms with E-state index in [2.05, 4.69) is 4.98 Å². The van der Waals surface area contributed by atoms with Crippen LogP contribution in [-0.4, -0.2) is 10.1 Å². The first kappa shape index (κ1) is 9.98. The number of hydrogen-bond acceptors (Lipinski definition) is 3. The highest BCUT2D eigenvalue weighted by atomic mass is 32.2. The molecule has 0 aliphatic rings. The number of phenols is 1. The van der Waals surface area contributed by atoms with E-state index in [9.17, 15) is 4.39 Å². The Morgan fingerprint density at radius 3 is 2.53 bits per heavy atom. The van der Waals surface area contributed by atoms with E-state index in [1.54, 1.807) is 36.5 Å². The van der Waals surface area contributed by atoms with Crippen molar-refractivity contribution in [2.75, 3.05) is 0 Å². The molecule has 1 aromatic carbocycles. The number of pyridine rings is 1. The Balaban J connectivity index is 2.22. The van der Waals surface area contributed by atoms with Crippen molar-refractivity contribution in [1.29, 1.82) is 0 Å². The first-order chi connectivity index (χ1) is 7.25. The Morgan fingerprint density at radius 2 is 1.87 bits per heavy atom. The van der Waals surface area contributed by atoms with Gasteiger partial charge in [0, 0.05) is 11.1 Å². The van der Waals surface area contributed by atoms with Crippen LogP contribution in [0.5, 0.6) is 5.75 Å². The molecule has 1 aromatic heterocycles. The lowest BCUT2D eigenvalue weighted by molar-refractivity contribution is 0.475. The van der Waals surface area contributed by atoms with Gasteiger partial charge >= 0.3 is 0 Å². The summed E-state index contributed by atoms with van der Waals surface area (Å²) in [6, 6.07) is 9.47. The van der Waals surface area contributed by atoms with Crippen LogP contribution in [0.1, 0.15) is 0 Å². The zero-order chi connectivity index (χ0) is 10.7. The number of aromatic nitrogens is 1. The molecular formula is C11H8FNOS. The second-order valence-electron chi connectivity index (χ2n) is 2.89. The highest BCUT2D eigenvalue weighted by Crippen LogP contribution is 2.28. The van der Waals surface area contributed by atoms with E-state index in [0.717, 1.165) is 4.90 Å². The summed E-state index contributed by atoms with van der Waals surface area (Å²) in [5.74, 6) is -0.142. The van der Waals surface area contributed by atoms with Crippen LogP contribution >= 0.6 is 11.8 Å². The molecule has 0 unspecified atom stereocenters. The van der Waals surface area contributed by atoms with Crippen molar-refractivity contribution in [2.45, 2.75) is 9.92 Å². The predicted molar refractivity (Wildman–Crippen MR) is 56.4 cm³/mol. The molecule has 15 heavy (non-hydrogen) atoms. The van der Waals surface area contributed by atoms with Crippen LogP contribution in [-0.2, 0) is 0 Å². The second-order valence-corrected chi connectivity index (χ2v) is 3.95. The van der Waals surface area contributed by atoms with Gasteiger partial charge in [-0.2, -0.15) is 0 Å². The molecule has 0 spiro atoms. The molecule has 0 amide bonds. The molecular weight excluding hydrogens is 213 g/mol. The first-order valence-corrected chi connectivity index (χ1v) is 5.15. The van der Waals surface area contributed by atoms with Gasteiger partial charge in [-0.25, -0.2) is 9.37 Å². The Kier molecular flexibility index (Phi) is 2.87. The van der Waals surface area contributed by atoms with E-state index in [1.807, 2.05) is 0 Å². The summed E-state index contributed by atoms with van der Waals surface area (Å²) in [5.41, 5.74) is 0. The lowest BCUT2D eigenvalue weighted by Gasteiger charge is -2.01. The molecule has 0 aliphatic heterocycles. The predicted octanol–water partition coefficient (Wildman–Crippen LogP) is 3.08. The lowest BCUT2D eigenvalue weighted by atomic mass is 10.3. The van der Waals surface area contributed by atoms with Crippen molar-refractivity contribution in [3.05, 3.63) is 48.4 Å². The van der Waals surface area contributed by atoms with Crippen LogP contribution in [0.3, 0.4) is 0 Å². The fourth-order valence-corrected chi connectivity index (χ4v) is 1.85. The van der Waals surface area contributed by atoms with Crippen molar-refractivity contribution >= 4 is 11.8 Å². The SMILES string of the molecule is Oc1ccc(Sc2ncccc2F)cc1. The third kappa shape index (κ3) is 2.47. The summed E-state index contributed by atoms with van der Waals surface area (Å²) in [4.78, 5) is 4.76. The maximum atomic E-state index is 13.2. The molecule has 0 radical (unpaired) electrons. The Labute approximate surface area is 90.8 Å². The molecule has 2 aromatic rings. The molecule has 2 rings (SSSR count). The van der Waals surface area contributed by atoms with E-state index < -0.39 is 0 Å². The van der Waals surface area contributed by atoms with Crippen LogP contribution in [0.2, 0.25) is 0 Å². The van der Waals surface area contributed by atoms with Gasteiger partial charge in [-0.1, -0.05) is 11.8 Å². The van der Waals surface area contributed by atoms with Crippen molar-refractivity contribution < 1.29 is 9.50 Å². The molecule has 0 bridgehead atoms. The van der Waals surface area contributed by atoms with E-state index in [1.165, 1.54) is 17.8 Å². The molecule has 0 aliphatic carbocycles. The van der Waals surface area contributed by atoms with Crippen molar-refractivity contribution in [3.63, 3.8) is 0 Å². The van der Waals surface area contributed by atoms with Gasteiger partial charge in [0.05, 0.1) is 0 Å². The number of aromatic hydroxyl groups is 1. The third-order valence-corrected chi connectivity index (χ3v) is 2.78. The highest BCUT2D eigenvalue weighted by molar-refractivity contribution is 7.99.